The molecule has 0 aliphatic carbocycles. The van der Waals surface area contributed by atoms with Crippen LogP contribution in [-0.2, 0) is 5.54 Å². The van der Waals surface area contributed by atoms with Gasteiger partial charge in [0.25, 0.3) is 0 Å². The van der Waals surface area contributed by atoms with Gasteiger partial charge in [0.15, 0.2) is 0 Å². The second-order valence-corrected chi connectivity index (χ2v) is 4.06. The van der Waals surface area contributed by atoms with Crippen LogP contribution in [0, 0.1) is 0 Å². The molecule has 0 radical (unpaired) electrons. The maximum Gasteiger partial charge on any atom is 0.0447 e. The molecule has 2 nitrogen and oxygen atoms in total. The SMILES string of the molecule is CCC1(c2cccnc2)CCCCN1. The molecule has 1 unspecified atom stereocenters. The second kappa shape index (κ2) is 4.09. The van der Waals surface area contributed by atoms with E-state index in [1.54, 1.807) is 0 Å². The lowest BCUT2D eigenvalue weighted by Gasteiger charge is -2.38. The summed E-state index contributed by atoms with van der Waals surface area (Å²) < 4.78 is 0. The van der Waals surface area contributed by atoms with Crippen LogP contribution in [0.2, 0.25) is 0 Å². The summed E-state index contributed by atoms with van der Waals surface area (Å²) in [6, 6.07) is 4.22. The Hall–Kier alpha value is -0.890. The molecule has 0 aromatic carbocycles. The average Bonchev–Trinajstić information content (AvgIpc) is 2.31. The van der Waals surface area contributed by atoms with Crippen molar-refractivity contribution in [1.29, 1.82) is 0 Å². The Kier molecular flexibility index (Phi) is 2.82. The van der Waals surface area contributed by atoms with Crippen molar-refractivity contribution in [3.63, 3.8) is 0 Å². The number of nitrogens with one attached hydrogen (secondary N) is 1. The van der Waals surface area contributed by atoms with Gasteiger partial charge in [-0.3, -0.25) is 4.98 Å². The highest BCUT2D eigenvalue weighted by Crippen LogP contribution is 2.32. The number of aromatic nitrogens is 1. The maximum absolute atomic E-state index is 4.21. The van der Waals surface area contributed by atoms with E-state index in [9.17, 15) is 0 Å². The lowest BCUT2D eigenvalue weighted by Crippen LogP contribution is -2.45. The van der Waals surface area contributed by atoms with E-state index >= 15 is 0 Å². The number of nitrogens with zero attached hydrogens (tertiary/aromatic N) is 1. The van der Waals surface area contributed by atoms with Crippen LogP contribution in [0.3, 0.4) is 0 Å². The summed E-state index contributed by atoms with van der Waals surface area (Å²) in [7, 11) is 0. The predicted octanol–water partition coefficient (Wildman–Crippen LogP) is 2.46. The highest BCUT2D eigenvalue weighted by molar-refractivity contribution is 5.21. The van der Waals surface area contributed by atoms with Gasteiger partial charge in [0.1, 0.15) is 0 Å². The standard InChI is InChI=1S/C12H18N2/c1-2-12(7-3-4-9-14-12)11-6-5-8-13-10-11/h5-6,8,10,14H,2-4,7,9H2,1H3. The molecule has 0 spiro atoms. The first kappa shape index (κ1) is 9.66. The Morgan fingerprint density at radius 2 is 2.43 bits per heavy atom. The molecule has 0 amide bonds. The largest absolute Gasteiger partial charge is 0.307 e. The maximum atomic E-state index is 4.21. The van der Waals surface area contributed by atoms with Crippen LogP contribution in [0.15, 0.2) is 24.5 Å². The Morgan fingerprint density at radius 1 is 1.50 bits per heavy atom. The Labute approximate surface area is 85.7 Å². The first-order valence-electron chi connectivity index (χ1n) is 5.53. The summed E-state index contributed by atoms with van der Waals surface area (Å²) in [5.41, 5.74) is 1.55. The molecule has 2 rings (SSSR count). The van der Waals surface area contributed by atoms with Crippen LogP contribution < -0.4 is 5.32 Å². The van der Waals surface area contributed by atoms with Gasteiger partial charge in [-0.25, -0.2) is 0 Å². The molecule has 1 N–H and O–H groups in total. The van der Waals surface area contributed by atoms with Gasteiger partial charge >= 0.3 is 0 Å². The molecule has 1 atom stereocenters. The van der Waals surface area contributed by atoms with Crippen molar-refractivity contribution >= 4 is 0 Å². The fraction of sp³-hybridized carbons (Fsp3) is 0.583. The predicted molar refractivity (Wildman–Crippen MR) is 58.1 cm³/mol. The van der Waals surface area contributed by atoms with Gasteiger partial charge in [0, 0.05) is 17.9 Å². The zero-order chi connectivity index (χ0) is 9.86. The van der Waals surface area contributed by atoms with E-state index in [1.807, 2.05) is 18.5 Å². The molecule has 2 heteroatoms. The highest BCUT2D eigenvalue weighted by atomic mass is 15.0. The van der Waals surface area contributed by atoms with Crippen molar-refractivity contribution < 1.29 is 0 Å². The quantitative estimate of drug-likeness (QED) is 0.775. The Morgan fingerprint density at radius 3 is 3.00 bits per heavy atom. The zero-order valence-corrected chi connectivity index (χ0v) is 8.79. The van der Waals surface area contributed by atoms with Crippen LogP contribution in [0.1, 0.15) is 38.2 Å². The first-order valence-corrected chi connectivity index (χ1v) is 5.53. The minimum absolute atomic E-state index is 0.201. The summed E-state index contributed by atoms with van der Waals surface area (Å²) in [6.07, 6.45) is 8.88. The summed E-state index contributed by atoms with van der Waals surface area (Å²) in [4.78, 5) is 4.21. The minimum atomic E-state index is 0.201. The van der Waals surface area contributed by atoms with E-state index in [-0.39, 0.29) is 5.54 Å². The van der Waals surface area contributed by atoms with Crippen LogP contribution in [0.5, 0.6) is 0 Å². The molecule has 0 saturated carbocycles. The molecular weight excluding hydrogens is 172 g/mol. The van der Waals surface area contributed by atoms with Crippen molar-refractivity contribution in [2.75, 3.05) is 6.54 Å². The number of rotatable bonds is 2. The summed E-state index contributed by atoms with van der Waals surface area (Å²) in [5, 5.41) is 3.66. The lowest BCUT2D eigenvalue weighted by atomic mass is 9.81. The number of hydrogen-bond donors (Lipinski definition) is 1. The molecule has 1 saturated heterocycles. The monoisotopic (exact) mass is 190 g/mol. The Bertz CT molecular complexity index is 276. The van der Waals surface area contributed by atoms with Crippen LogP contribution in [0.4, 0.5) is 0 Å². The molecule has 1 fully saturated rings. The fourth-order valence-corrected chi connectivity index (χ4v) is 2.37. The molecule has 76 valence electrons. The molecule has 2 heterocycles. The molecule has 1 aromatic heterocycles. The van der Waals surface area contributed by atoms with E-state index in [0.29, 0.717) is 0 Å². The Balaban J connectivity index is 2.27. The molecule has 1 aliphatic rings. The topological polar surface area (TPSA) is 24.9 Å². The third kappa shape index (κ3) is 1.67. The first-order chi connectivity index (χ1) is 6.87. The number of hydrogen-bond acceptors (Lipinski definition) is 2. The lowest BCUT2D eigenvalue weighted by molar-refractivity contribution is 0.248. The van der Waals surface area contributed by atoms with E-state index in [2.05, 4.69) is 23.3 Å². The molecular formula is C12H18N2. The number of piperidine rings is 1. The fourth-order valence-electron chi connectivity index (χ4n) is 2.37. The van der Waals surface area contributed by atoms with E-state index < -0.39 is 0 Å². The van der Waals surface area contributed by atoms with Gasteiger partial charge < -0.3 is 5.32 Å². The third-order valence-electron chi connectivity index (χ3n) is 3.31. The van der Waals surface area contributed by atoms with E-state index in [4.69, 9.17) is 0 Å². The van der Waals surface area contributed by atoms with Crippen molar-refractivity contribution in [3.8, 4) is 0 Å². The average molecular weight is 190 g/mol. The number of pyridine rings is 1. The molecule has 14 heavy (non-hydrogen) atoms. The van der Waals surface area contributed by atoms with Crippen LogP contribution in [0.25, 0.3) is 0 Å². The van der Waals surface area contributed by atoms with Gasteiger partial charge in [-0.05, 0) is 37.4 Å². The van der Waals surface area contributed by atoms with E-state index in [0.717, 1.165) is 13.0 Å². The molecule has 0 bridgehead atoms. The molecule has 1 aromatic rings. The van der Waals surface area contributed by atoms with Gasteiger partial charge in [-0.2, -0.15) is 0 Å². The van der Waals surface area contributed by atoms with Gasteiger partial charge in [0.2, 0.25) is 0 Å². The van der Waals surface area contributed by atoms with Gasteiger partial charge in [0.05, 0.1) is 0 Å². The van der Waals surface area contributed by atoms with Crippen LogP contribution in [-0.4, -0.2) is 11.5 Å². The van der Waals surface area contributed by atoms with Gasteiger partial charge in [-0.15, -0.1) is 0 Å². The molecule has 1 aliphatic heterocycles. The van der Waals surface area contributed by atoms with Crippen molar-refractivity contribution in [2.45, 2.75) is 38.1 Å². The van der Waals surface area contributed by atoms with Crippen molar-refractivity contribution in [1.82, 2.24) is 10.3 Å². The smallest absolute Gasteiger partial charge is 0.0447 e. The van der Waals surface area contributed by atoms with Crippen LogP contribution >= 0.6 is 0 Å². The summed E-state index contributed by atoms with van der Waals surface area (Å²) in [6.45, 7) is 3.40. The summed E-state index contributed by atoms with van der Waals surface area (Å²) in [5.74, 6) is 0. The second-order valence-electron chi connectivity index (χ2n) is 4.06. The third-order valence-corrected chi connectivity index (χ3v) is 3.31. The zero-order valence-electron chi connectivity index (χ0n) is 8.79. The highest BCUT2D eigenvalue weighted by Gasteiger charge is 2.31. The summed E-state index contributed by atoms with van der Waals surface area (Å²) >= 11 is 0. The van der Waals surface area contributed by atoms with E-state index in [1.165, 1.54) is 24.8 Å². The van der Waals surface area contributed by atoms with Crippen molar-refractivity contribution in [3.05, 3.63) is 30.1 Å². The minimum Gasteiger partial charge on any atom is -0.307 e. The normalized spacial score (nSPS) is 27.5. The van der Waals surface area contributed by atoms with Gasteiger partial charge in [-0.1, -0.05) is 19.4 Å². The van der Waals surface area contributed by atoms with Crippen molar-refractivity contribution in [2.24, 2.45) is 0 Å².